The van der Waals surface area contributed by atoms with E-state index in [9.17, 15) is 21.6 Å². The van der Waals surface area contributed by atoms with Crippen LogP contribution in [0.5, 0.6) is 0 Å². The first-order valence-electron chi connectivity index (χ1n) is 8.61. The van der Waals surface area contributed by atoms with Gasteiger partial charge >= 0.3 is 6.18 Å². The number of halogens is 3. The Balaban J connectivity index is 1.74. The van der Waals surface area contributed by atoms with Crippen LogP contribution >= 0.6 is 0 Å². The maximum atomic E-state index is 12.8. The summed E-state index contributed by atoms with van der Waals surface area (Å²) in [6.07, 6.45) is -0.601. The molecule has 8 heteroatoms. The van der Waals surface area contributed by atoms with E-state index in [1.807, 2.05) is 0 Å². The number of alkyl halides is 3. The zero-order chi connectivity index (χ0) is 18.2. The molecular formula is C17H23F3N2O2S. The van der Waals surface area contributed by atoms with Crippen molar-refractivity contribution in [2.45, 2.75) is 49.7 Å². The van der Waals surface area contributed by atoms with Crippen molar-refractivity contribution in [2.24, 2.45) is 5.92 Å². The highest BCUT2D eigenvalue weighted by molar-refractivity contribution is 7.89. The molecule has 2 fully saturated rings. The van der Waals surface area contributed by atoms with Crippen LogP contribution < -0.4 is 5.32 Å². The van der Waals surface area contributed by atoms with Gasteiger partial charge < -0.3 is 5.32 Å². The summed E-state index contributed by atoms with van der Waals surface area (Å²) in [5.41, 5.74) is -0.690. The lowest BCUT2D eigenvalue weighted by Gasteiger charge is -2.34. The predicted molar refractivity (Wildman–Crippen MR) is 88.7 cm³/mol. The monoisotopic (exact) mass is 376 g/mol. The van der Waals surface area contributed by atoms with Crippen LogP contribution in [0.25, 0.3) is 0 Å². The molecule has 0 bridgehead atoms. The van der Waals surface area contributed by atoms with Gasteiger partial charge in [0.15, 0.2) is 0 Å². The second-order valence-corrected chi connectivity index (χ2v) is 8.83. The number of aryl methyl sites for hydroxylation is 1. The molecule has 2 aliphatic heterocycles. The minimum atomic E-state index is -4.47. The van der Waals surface area contributed by atoms with Crippen LogP contribution in [0.3, 0.4) is 0 Å². The van der Waals surface area contributed by atoms with E-state index in [1.165, 1.54) is 11.2 Å². The Morgan fingerprint density at radius 1 is 1.16 bits per heavy atom. The zero-order valence-corrected chi connectivity index (χ0v) is 15.0. The van der Waals surface area contributed by atoms with Crippen LogP contribution in [-0.2, 0) is 16.2 Å². The number of hydrogen-bond acceptors (Lipinski definition) is 3. The van der Waals surface area contributed by atoms with Gasteiger partial charge in [-0.2, -0.15) is 17.5 Å². The summed E-state index contributed by atoms with van der Waals surface area (Å²) in [5, 5.41) is 3.47. The summed E-state index contributed by atoms with van der Waals surface area (Å²) in [6, 6.07) is 3.30. The van der Waals surface area contributed by atoms with Crippen molar-refractivity contribution in [2.75, 3.05) is 19.6 Å². The molecule has 140 valence electrons. The maximum Gasteiger partial charge on any atom is 0.416 e. The highest BCUT2D eigenvalue weighted by Gasteiger charge is 2.35. The van der Waals surface area contributed by atoms with E-state index in [1.54, 1.807) is 0 Å². The van der Waals surface area contributed by atoms with Crippen LogP contribution in [0.2, 0.25) is 0 Å². The highest BCUT2D eigenvalue weighted by Crippen LogP contribution is 2.33. The van der Waals surface area contributed by atoms with Gasteiger partial charge in [-0.25, -0.2) is 8.42 Å². The first-order valence-corrected chi connectivity index (χ1v) is 10.0. The molecule has 0 radical (unpaired) electrons. The van der Waals surface area contributed by atoms with Gasteiger partial charge in [-0.3, -0.25) is 0 Å². The number of piperidine rings is 1. The number of rotatable bonds is 3. The third kappa shape index (κ3) is 3.85. The van der Waals surface area contributed by atoms with Crippen LogP contribution in [0, 0.1) is 12.8 Å². The molecule has 1 aromatic carbocycles. The second-order valence-electron chi connectivity index (χ2n) is 6.92. The Morgan fingerprint density at radius 2 is 1.84 bits per heavy atom. The van der Waals surface area contributed by atoms with Crippen molar-refractivity contribution in [1.82, 2.24) is 9.62 Å². The van der Waals surface area contributed by atoms with E-state index in [0.29, 0.717) is 25.0 Å². The molecule has 1 atom stereocenters. The second kappa shape index (κ2) is 6.89. The van der Waals surface area contributed by atoms with Crippen LogP contribution in [0.1, 0.15) is 36.8 Å². The summed E-state index contributed by atoms with van der Waals surface area (Å²) >= 11 is 0. The summed E-state index contributed by atoms with van der Waals surface area (Å²) < 4.78 is 65.4. The van der Waals surface area contributed by atoms with Crippen LogP contribution in [0.15, 0.2) is 23.1 Å². The SMILES string of the molecule is Cc1cc(C(F)(F)F)ccc1S(=O)(=O)N1CCC(C2CCCN2)CC1. The topological polar surface area (TPSA) is 49.4 Å². The average Bonchev–Trinajstić information content (AvgIpc) is 3.08. The molecule has 1 N–H and O–H groups in total. The first kappa shape index (κ1) is 18.7. The number of nitrogens with zero attached hydrogens (tertiary/aromatic N) is 1. The van der Waals surface area contributed by atoms with Gasteiger partial charge in [0.25, 0.3) is 0 Å². The molecule has 2 saturated heterocycles. The van der Waals surface area contributed by atoms with E-state index in [0.717, 1.165) is 50.4 Å². The molecule has 0 aliphatic carbocycles. The first-order chi connectivity index (χ1) is 11.7. The van der Waals surface area contributed by atoms with E-state index >= 15 is 0 Å². The van der Waals surface area contributed by atoms with Crippen molar-refractivity contribution >= 4 is 10.0 Å². The molecule has 0 saturated carbocycles. The zero-order valence-electron chi connectivity index (χ0n) is 14.1. The number of benzene rings is 1. The average molecular weight is 376 g/mol. The van der Waals surface area contributed by atoms with Crippen molar-refractivity contribution < 1.29 is 21.6 Å². The van der Waals surface area contributed by atoms with Gasteiger partial charge in [0.1, 0.15) is 0 Å². The lowest BCUT2D eigenvalue weighted by molar-refractivity contribution is -0.137. The fraction of sp³-hybridized carbons (Fsp3) is 0.647. The lowest BCUT2D eigenvalue weighted by atomic mass is 9.89. The van der Waals surface area contributed by atoms with Crippen molar-refractivity contribution in [3.63, 3.8) is 0 Å². The predicted octanol–water partition coefficient (Wildman–Crippen LogP) is 3.17. The van der Waals surface area contributed by atoms with Gasteiger partial charge in [-0.05, 0) is 68.8 Å². The Morgan fingerprint density at radius 3 is 2.36 bits per heavy atom. The minimum absolute atomic E-state index is 0.0297. The normalized spacial score (nSPS) is 23.9. The third-order valence-corrected chi connectivity index (χ3v) is 7.34. The molecular weight excluding hydrogens is 353 g/mol. The Bertz CT molecular complexity index is 720. The van der Waals surface area contributed by atoms with Gasteiger partial charge in [0, 0.05) is 19.1 Å². The van der Waals surface area contributed by atoms with E-state index in [2.05, 4.69) is 5.32 Å². The Hall–Kier alpha value is -1.12. The van der Waals surface area contributed by atoms with Crippen molar-refractivity contribution in [3.05, 3.63) is 29.3 Å². The number of hydrogen-bond donors (Lipinski definition) is 1. The molecule has 0 amide bonds. The third-order valence-electron chi connectivity index (χ3n) is 5.29. The molecule has 4 nitrogen and oxygen atoms in total. The van der Waals surface area contributed by atoms with Gasteiger partial charge in [0.2, 0.25) is 10.0 Å². The van der Waals surface area contributed by atoms with E-state index < -0.39 is 21.8 Å². The van der Waals surface area contributed by atoms with Gasteiger partial charge in [0.05, 0.1) is 10.5 Å². The lowest BCUT2D eigenvalue weighted by Crippen LogP contribution is -2.43. The molecule has 2 aliphatic rings. The summed E-state index contributed by atoms with van der Waals surface area (Å²) in [6.45, 7) is 3.28. The minimum Gasteiger partial charge on any atom is -0.314 e. The van der Waals surface area contributed by atoms with E-state index in [-0.39, 0.29) is 10.5 Å². The van der Waals surface area contributed by atoms with Crippen molar-refractivity contribution in [1.29, 1.82) is 0 Å². The Kier molecular flexibility index (Phi) is 5.14. The number of nitrogens with one attached hydrogen (secondary N) is 1. The fourth-order valence-corrected chi connectivity index (χ4v) is 5.56. The number of sulfonamides is 1. The largest absolute Gasteiger partial charge is 0.416 e. The van der Waals surface area contributed by atoms with Crippen LogP contribution in [-0.4, -0.2) is 38.4 Å². The quantitative estimate of drug-likeness (QED) is 0.882. The van der Waals surface area contributed by atoms with Crippen molar-refractivity contribution in [3.8, 4) is 0 Å². The molecule has 0 spiro atoms. The molecule has 1 aromatic rings. The molecule has 2 heterocycles. The summed E-state index contributed by atoms with van der Waals surface area (Å²) in [4.78, 5) is -0.0297. The summed E-state index contributed by atoms with van der Waals surface area (Å²) in [7, 11) is -3.76. The standard InChI is InChI=1S/C17H23F3N2O2S/c1-12-11-14(17(18,19)20)4-5-16(12)25(23,24)22-9-6-13(7-10-22)15-3-2-8-21-15/h4-5,11,13,15,21H,2-3,6-10H2,1H3. The molecule has 1 unspecified atom stereocenters. The van der Waals surface area contributed by atoms with Crippen LogP contribution in [0.4, 0.5) is 13.2 Å². The fourth-order valence-electron chi connectivity index (χ4n) is 3.89. The maximum absolute atomic E-state index is 12.8. The Labute approximate surface area is 146 Å². The smallest absolute Gasteiger partial charge is 0.314 e. The van der Waals surface area contributed by atoms with Gasteiger partial charge in [-0.1, -0.05) is 0 Å². The molecule has 0 aromatic heterocycles. The van der Waals surface area contributed by atoms with Gasteiger partial charge in [-0.15, -0.1) is 0 Å². The molecule has 3 rings (SSSR count). The highest BCUT2D eigenvalue weighted by atomic mass is 32.2. The summed E-state index contributed by atoms with van der Waals surface area (Å²) in [5.74, 6) is 0.475. The van der Waals surface area contributed by atoms with E-state index in [4.69, 9.17) is 0 Å². The molecule has 25 heavy (non-hydrogen) atoms.